The van der Waals surface area contributed by atoms with Gasteiger partial charge in [-0.05, 0) is 5.56 Å². The van der Waals surface area contributed by atoms with Crippen LogP contribution in [0.2, 0.25) is 0 Å². The topological polar surface area (TPSA) is 26.3 Å². The van der Waals surface area contributed by atoms with Crippen molar-refractivity contribution in [1.29, 1.82) is 0 Å². The Balaban J connectivity index is 0.000000847. The van der Waals surface area contributed by atoms with Crippen molar-refractivity contribution in [1.82, 2.24) is 0 Å². The molecule has 5 heteroatoms. The number of fused-ring (bicyclic) bond motifs is 1. The molecule has 0 fully saturated rings. The van der Waals surface area contributed by atoms with Crippen molar-refractivity contribution in [3.63, 3.8) is 0 Å². The fraction of sp³-hybridized carbons (Fsp3) is 0.118. The van der Waals surface area contributed by atoms with Crippen LogP contribution in [0.5, 0.6) is 0 Å². The zero-order chi connectivity index (χ0) is 16.2. The van der Waals surface area contributed by atoms with Crippen LogP contribution in [0.1, 0.15) is 21.5 Å². The first kappa shape index (κ1) is 17.1. The number of benzene rings is 2. The summed E-state index contributed by atoms with van der Waals surface area (Å²) in [4.78, 5) is 18.2. The summed E-state index contributed by atoms with van der Waals surface area (Å²) in [5.41, 5.74) is 3.09. The van der Waals surface area contributed by atoms with Crippen LogP contribution in [0, 0.1) is 6.08 Å². The Labute approximate surface area is 145 Å². The third-order valence-corrected chi connectivity index (χ3v) is 3.64. The van der Waals surface area contributed by atoms with Crippen molar-refractivity contribution in [2.24, 2.45) is 0 Å². The number of carbonyl (C=O) groups excluding carboxylic acids is 1. The van der Waals surface area contributed by atoms with Gasteiger partial charge in [0.2, 0.25) is 0 Å². The Morgan fingerprint density at radius 2 is 1.64 bits per heavy atom. The molecule has 116 valence electrons. The van der Waals surface area contributed by atoms with E-state index in [2.05, 4.69) is 33.8 Å². The molecule has 0 aromatic heterocycles. The quantitative estimate of drug-likeness (QED) is 0.431. The third-order valence-electron chi connectivity index (χ3n) is 3.64. The van der Waals surface area contributed by atoms with Gasteiger partial charge in [-0.3, -0.25) is 0 Å². The first-order chi connectivity index (χ1) is 10.7. The number of hydroxylamine groups is 3. The van der Waals surface area contributed by atoms with E-state index in [0.29, 0.717) is 5.56 Å². The molecule has 1 unspecified atom stereocenters. The van der Waals surface area contributed by atoms with E-state index in [-0.39, 0.29) is 10.6 Å². The van der Waals surface area contributed by atoms with E-state index in [4.69, 9.17) is 4.84 Å². The Morgan fingerprint density at radius 1 is 1.05 bits per heavy atom. The standard InChI is InChI=1S/C17H15NO2.ClH.Pd/c1-18(20-2)16(13-8-4-3-5-9-13)12-14-10-6-7-11-15(14)17(18)19;;/h3-11H,1-2H3;1H;/q;;+2/p-1. The van der Waals surface area contributed by atoms with Crippen LogP contribution in [0.15, 0.2) is 54.6 Å². The second-order valence-corrected chi connectivity index (χ2v) is 4.80. The van der Waals surface area contributed by atoms with Crippen LogP contribution < -0.4 is 0 Å². The van der Waals surface area contributed by atoms with Crippen LogP contribution in [-0.4, -0.2) is 24.7 Å². The van der Waals surface area contributed by atoms with Crippen molar-refractivity contribution in [2.75, 3.05) is 14.2 Å². The summed E-state index contributed by atoms with van der Waals surface area (Å²) in [5.74, 6) is -0.0827. The molecule has 0 saturated heterocycles. The fourth-order valence-corrected chi connectivity index (χ4v) is 2.43. The summed E-state index contributed by atoms with van der Waals surface area (Å²) in [6, 6.07) is 17.2. The van der Waals surface area contributed by atoms with Crippen LogP contribution >= 0.6 is 9.53 Å². The average molecular weight is 407 g/mol. The van der Waals surface area contributed by atoms with Gasteiger partial charge in [0.25, 0.3) is 0 Å². The van der Waals surface area contributed by atoms with Crippen molar-refractivity contribution in [3.05, 3.63) is 77.4 Å². The molecule has 0 radical (unpaired) electrons. The molecule has 1 aliphatic rings. The molecule has 1 atom stereocenters. The molecule has 0 bridgehead atoms. The zero-order valence-corrected chi connectivity index (χ0v) is 14.5. The molecule has 1 amide bonds. The Bertz CT molecular complexity index is 703. The number of halogens is 1. The number of amides is 1. The normalized spacial score (nSPS) is 19.7. The number of hydrogen-bond donors (Lipinski definition) is 0. The summed E-state index contributed by atoms with van der Waals surface area (Å²) in [6.45, 7) is 0. The Hall–Kier alpha value is -1.28. The second-order valence-electron chi connectivity index (χ2n) is 4.80. The third kappa shape index (κ3) is 2.94. The van der Waals surface area contributed by atoms with E-state index in [1.165, 1.54) is 7.11 Å². The molecular weight excluding hydrogens is 392 g/mol. The summed E-state index contributed by atoms with van der Waals surface area (Å²) in [6.07, 6.45) is 3.33. The Kier molecular flexibility index (Phi) is 5.69. The predicted molar refractivity (Wildman–Crippen MR) is 82.0 cm³/mol. The minimum atomic E-state index is -0.235. The van der Waals surface area contributed by atoms with Crippen LogP contribution in [0.25, 0.3) is 5.70 Å². The van der Waals surface area contributed by atoms with Gasteiger partial charge < -0.3 is 0 Å². The van der Waals surface area contributed by atoms with E-state index < -0.39 is 0 Å². The first-order valence-electron chi connectivity index (χ1n) is 6.55. The average Bonchev–Trinajstić information content (AvgIpc) is 2.60. The molecule has 0 saturated carbocycles. The van der Waals surface area contributed by atoms with Gasteiger partial charge in [0, 0.05) is 5.56 Å². The molecule has 2 aromatic rings. The van der Waals surface area contributed by atoms with E-state index in [0.717, 1.165) is 16.8 Å². The van der Waals surface area contributed by atoms with Gasteiger partial charge in [-0.25, -0.2) is 4.79 Å². The molecule has 0 aliphatic carbocycles. The van der Waals surface area contributed by atoms with Crippen molar-refractivity contribution >= 4 is 21.1 Å². The molecular formula is C17H15ClNO2Pd+. The molecule has 0 spiro atoms. The summed E-state index contributed by atoms with van der Waals surface area (Å²) >= 11 is 2.22. The molecule has 3 rings (SSSR count). The van der Waals surface area contributed by atoms with Gasteiger partial charge >= 0.3 is 33.6 Å². The summed E-state index contributed by atoms with van der Waals surface area (Å²) in [7, 11) is 7.77. The van der Waals surface area contributed by atoms with E-state index >= 15 is 0 Å². The second kappa shape index (κ2) is 7.32. The van der Waals surface area contributed by atoms with Crippen molar-refractivity contribution in [2.45, 2.75) is 0 Å². The van der Waals surface area contributed by atoms with Gasteiger partial charge in [0.15, 0.2) is 0 Å². The number of rotatable bonds is 2. The van der Waals surface area contributed by atoms with Crippen LogP contribution in [0.4, 0.5) is 0 Å². The minimum absolute atomic E-state index is 0.0827. The van der Waals surface area contributed by atoms with Crippen molar-refractivity contribution < 1.29 is 32.5 Å². The fourth-order valence-electron chi connectivity index (χ4n) is 2.43. The molecule has 1 aliphatic heterocycles. The van der Waals surface area contributed by atoms with Gasteiger partial charge in [0.05, 0.1) is 12.8 Å². The van der Waals surface area contributed by atoms with Crippen LogP contribution in [-0.2, 0) is 23.0 Å². The molecule has 0 N–H and O–H groups in total. The number of hydrogen-bond acceptors (Lipinski definition) is 2. The van der Waals surface area contributed by atoms with Crippen LogP contribution in [0.3, 0.4) is 0 Å². The van der Waals surface area contributed by atoms with Gasteiger partial charge in [-0.2, -0.15) is 4.84 Å². The SMILES string of the molecule is CO[N+]1(C)C(=O)c2ccccc2[C-]=C1c1ccccc1.[Cl][Pd+]. The zero-order valence-electron chi connectivity index (χ0n) is 12.2. The van der Waals surface area contributed by atoms with Gasteiger partial charge in [-0.1, -0.05) is 48.5 Å². The van der Waals surface area contributed by atoms with E-state index in [1.54, 1.807) is 7.05 Å². The number of quaternary nitrogens is 1. The number of carbonyl (C=O) groups is 1. The summed E-state index contributed by atoms with van der Waals surface area (Å²) < 4.78 is -0.235. The van der Waals surface area contributed by atoms with Gasteiger partial charge in [0.1, 0.15) is 7.05 Å². The van der Waals surface area contributed by atoms with E-state index in [1.807, 2.05) is 54.6 Å². The first-order valence-corrected chi connectivity index (χ1v) is 8.55. The molecule has 1 heterocycles. The van der Waals surface area contributed by atoms with Gasteiger partial charge in [-0.15, -0.1) is 22.3 Å². The maximum atomic E-state index is 12.7. The predicted octanol–water partition coefficient (Wildman–Crippen LogP) is 3.73. The van der Waals surface area contributed by atoms with E-state index in [9.17, 15) is 4.79 Å². The monoisotopic (exact) mass is 406 g/mol. The number of nitrogens with zero attached hydrogens (tertiary/aromatic N) is 1. The molecule has 2 aromatic carbocycles. The molecule has 3 nitrogen and oxygen atoms in total. The maximum absolute atomic E-state index is 12.7. The Morgan fingerprint density at radius 3 is 2.27 bits per heavy atom. The van der Waals surface area contributed by atoms with Crippen molar-refractivity contribution in [3.8, 4) is 0 Å². The molecule has 22 heavy (non-hydrogen) atoms. The summed E-state index contributed by atoms with van der Waals surface area (Å²) in [5, 5.41) is 0.